The normalized spacial score (nSPS) is 15.2. The molecular formula is C12H22O5. The Morgan fingerprint density at radius 3 is 2.06 bits per heavy atom. The molecule has 0 unspecified atom stereocenters. The van der Waals surface area contributed by atoms with Gasteiger partial charge in [0.05, 0.1) is 19.1 Å². The van der Waals surface area contributed by atoms with Gasteiger partial charge >= 0.3 is 5.97 Å². The zero-order valence-electron chi connectivity index (χ0n) is 10.9. The maximum atomic E-state index is 11.4. The fraction of sp³-hybridized carbons (Fsp3) is 0.833. The maximum Gasteiger partial charge on any atom is 0.308 e. The largest absolute Gasteiger partial charge is 0.469 e. The lowest BCUT2D eigenvalue weighted by molar-refractivity contribution is -0.153. The average Bonchev–Trinajstić information content (AvgIpc) is 2.15. The van der Waals surface area contributed by atoms with Crippen LogP contribution in [0.2, 0.25) is 0 Å². The van der Waals surface area contributed by atoms with Crippen molar-refractivity contribution in [3.8, 4) is 0 Å². The smallest absolute Gasteiger partial charge is 0.308 e. The molecule has 0 rings (SSSR count). The molecule has 0 aliphatic carbocycles. The highest BCUT2D eigenvalue weighted by Crippen LogP contribution is 2.23. The van der Waals surface area contributed by atoms with E-state index in [4.69, 9.17) is 0 Å². The van der Waals surface area contributed by atoms with Crippen molar-refractivity contribution >= 4 is 11.8 Å². The molecule has 0 saturated heterocycles. The van der Waals surface area contributed by atoms with Crippen LogP contribution in [-0.2, 0) is 14.3 Å². The molecule has 0 aromatic carbocycles. The Labute approximate surface area is 102 Å². The lowest BCUT2D eigenvalue weighted by Gasteiger charge is -2.25. The highest BCUT2D eigenvalue weighted by atomic mass is 16.5. The molecule has 0 aromatic rings. The van der Waals surface area contributed by atoms with Gasteiger partial charge in [-0.3, -0.25) is 9.59 Å². The molecule has 2 N–H and O–H groups in total. The molecule has 5 heteroatoms. The molecule has 0 amide bonds. The number of aliphatic hydroxyl groups is 2. The average molecular weight is 246 g/mol. The summed E-state index contributed by atoms with van der Waals surface area (Å²) in [6.07, 6.45) is 0.701. The number of ether oxygens (including phenoxy) is 1. The van der Waals surface area contributed by atoms with Gasteiger partial charge in [0.2, 0.25) is 0 Å². The van der Waals surface area contributed by atoms with Crippen molar-refractivity contribution in [1.29, 1.82) is 0 Å². The molecular weight excluding hydrogens is 224 g/mol. The van der Waals surface area contributed by atoms with E-state index < -0.39 is 23.0 Å². The van der Waals surface area contributed by atoms with Gasteiger partial charge in [-0.05, 0) is 40.0 Å². The maximum absolute atomic E-state index is 11.4. The first kappa shape index (κ1) is 16.1. The Morgan fingerprint density at radius 1 is 1.18 bits per heavy atom. The summed E-state index contributed by atoms with van der Waals surface area (Å²) in [6, 6.07) is 0. The Kier molecular flexibility index (Phi) is 5.78. The number of rotatable bonds is 7. The van der Waals surface area contributed by atoms with Crippen LogP contribution in [0, 0.1) is 0 Å². The number of ketones is 1. The first-order valence-electron chi connectivity index (χ1n) is 5.63. The van der Waals surface area contributed by atoms with Gasteiger partial charge in [-0.2, -0.15) is 0 Å². The summed E-state index contributed by atoms with van der Waals surface area (Å²) >= 11 is 0. The van der Waals surface area contributed by atoms with Crippen LogP contribution in [0.25, 0.3) is 0 Å². The quantitative estimate of drug-likeness (QED) is 0.649. The van der Waals surface area contributed by atoms with Crippen molar-refractivity contribution in [1.82, 2.24) is 0 Å². The van der Waals surface area contributed by atoms with E-state index in [2.05, 4.69) is 4.74 Å². The third kappa shape index (κ3) is 6.38. The lowest BCUT2D eigenvalue weighted by atomic mass is 9.87. The summed E-state index contributed by atoms with van der Waals surface area (Å²) in [5.74, 6) is -1.08. The van der Waals surface area contributed by atoms with Crippen LogP contribution >= 0.6 is 0 Å². The first-order chi connectivity index (χ1) is 7.60. The number of hydrogen-bond donors (Lipinski definition) is 2. The van der Waals surface area contributed by atoms with E-state index in [9.17, 15) is 19.8 Å². The number of Topliss-reactive ketones (excluding diaryl/α,β-unsaturated/α-hetero) is 1. The van der Waals surface area contributed by atoms with E-state index in [0.29, 0.717) is 12.8 Å². The number of esters is 1. The second kappa shape index (κ2) is 6.12. The van der Waals surface area contributed by atoms with Crippen molar-refractivity contribution in [3.63, 3.8) is 0 Å². The number of hydrogen-bond acceptors (Lipinski definition) is 5. The molecule has 100 valence electrons. The van der Waals surface area contributed by atoms with Gasteiger partial charge in [-0.1, -0.05) is 0 Å². The van der Waals surface area contributed by atoms with Crippen LogP contribution < -0.4 is 0 Å². The SMILES string of the molecule is COC(=O)C[C@](O)(CCCC(C)(C)O)C(C)=O. The van der Waals surface area contributed by atoms with Crippen LogP contribution in [0.3, 0.4) is 0 Å². The van der Waals surface area contributed by atoms with Gasteiger partial charge < -0.3 is 14.9 Å². The molecule has 5 nitrogen and oxygen atoms in total. The molecule has 0 spiro atoms. The van der Waals surface area contributed by atoms with Crippen LogP contribution in [0.1, 0.15) is 46.5 Å². The second-order valence-corrected chi connectivity index (χ2v) is 5.01. The topological polar surface area (TPSA) is 83.8 Å². The predicted octanol–water partition coefficient (Wildman–Crippen LogP) is 0.811. The van der Waals surface area contributed by atoms with Crippen molar-refractivity contribution in [3.05, 3.63) is 0 Å². The van der Waals surface area contributed by atoms with Crippen LogP contribution in [0.15, 0.2) is 0 Å². The number of carbonyl (C=O) groups is 2. The molecule has 0 saturated carbocycles. The summed E-state index contributed by atoms with van der Waals surface area (Å²) in [7, 11) is 1.21. The Hall–Kier alpha value is -0.940. The standard InChI is InChI=1S/C12H22O5/c1-9(13)12(16,8-10(14)17-4)7-5-6-11(2,3)15/h15-16H,5-8H2,1-4H3/t12-/m1/s1. The molecule has 0 bridgehead atoms. The monoisotopic (exact) mass is 246 g/mol. The minimum atomic E-state index is -1.68. The van der Waals surface area contributed by atoms with E-state index in [1.807, 2.05) is 0 Å². The Bertz CT molecular complexity index is 279. The molecule has 0 fully saturated rings. The Morgan fingerprint density at radius 2 is 1.71 bits per heavy atom. The highest BCUT2D eigenvalue weighted by Gasteiger charge is 2.35. The minimum absolute atomic E-state index is 0.140. The van der Waals surface area contributed by atoms with Crippen LogP contribution in [-0.4, -0.2) is 40.3 Å². The fourth-order valence-corrected chi connectivity index (χ4v) is 1.51. The van der Waals surface area contributed by atoms with Gasteiger partial charge in [0, 0.05) is 0 Å². The second-order valence-electron chi connectivity index (χ2n) is 5.01. The van der Waals surface area contributed by atoms with Crippen molar-refractivity contribution in [2.75, 3.05) is 7.11 Å². The summed E-state index contributed by atoms with van der Waals surface area (Å²) in [4.78, 5) is 22.5. The Balaban J connectivity index is 4.42. The summed E-state index contributed by atoms with van der Waals surface area (Å²) in [5, 5.41) is 19.6. The van der Waals surface area contributed by atoms with Gasteiger partial charge in [0.25, 0.3) is 0 Å². The number of methoxy groups -OCH3 is 1. The van der Waals surface area contributed by atoms with E-state index >= 15 is 0 Å². The van der Waals surface area contributed by atoms with E-state index in [-0.39, 0.29) is 12.8 Å². The van der Waals surface area contributed by atoms with Crippen molar-refractivity contribution in [2.45, 2.75) is 57.7 Å². The molecule has 0 heterocycles. The summed E-state index contributed by atoms with van der Waals surface area (Å²) in [6.45, 7) is 4.55. The van der Waals surface area contributed by atoms with E-state index in [1.54, 1.807) is 13.8 Å². The summed E-state index contributed by atoms with van der Waals surface area (Å²) in [5.41, 5.74) is -2.53. The summed E-state index contributed by atoms with van der Waals surface area (Å²) < 4.78 is 4.44. The third-order valence-electron chi connectivity index (χ3n) is 2.70. The van der Waals surface area contributed by atoms with Crippen molar-refractivity contribution < 1.29 is 24.5 Å². The molecule has 17 heavy (non-hydrogen) atoms. The zero-order chi connectivity index (χ0) is 13.7. The van der Waals surface area contributed by atoms with Gasteiger partial charge in [-0.25, -0.2) is 0 Å². The van der Waals surface area contributed by atoms with E-state index in [1.165, 1.54) is 14.0 Å². The van der Waals surface area contributed by atoms with Crippen LogP contribution in [0.5, 0.6) is 0 Å². The molecule has 0 radical (unpaired) electrons. The third-order valence-corrected chi connectivity index (χ3v) is 2.70. The van der Waals surface area contributed by atoms with Crippen LogP contribution in [0.4, 0.5) is 0 Å². The zero-order valence-corrected chi connectivity index (χ0v) is 10.9. The molecule has 0 aliphatic heterocycles. The molecule has 0 aliphatic rings. The lowest BCUT2D eigenvalue weighted by Crippen LogP contribution is -2.40. The van der Waals surface area contributed by atoms with Gasteiger partial charge in [-0.15, -0.1) is 0 Å². The van der Waals surface area contributed by atoms with Crippen molar-refractivity contribution in [2.24, 2.45) is 0 Å². The number of carbonyl (C=O) groups excluding carboxylic acids is 2. The molecule has 1 atom stereocenters. The fourth-order valence-electron chi connectivity index (χ4n) is 1.51. The highest BCUT2D eigenvalue weighted by molar-refractivity contribution is 5.89. The predicted molar refractivity (Wildman–Crippen MR) is 62.4 cm³/mol. The first-order valence-corrected chi connectivity index (χ1v) is 5.63. The van der Waals surface area contributed by atoms with Gasteiger partial charge in [0.1, 0.15) is 5.60 Å². The minimum Gasteiger partial charge on any atom is -0.469 e. The van der Waals surface area contributed by atoms with E-state index in [0.717, 1.165) is 0 Å². The van der Waals surface area contributed by atoms with Gasteiger partial charge in [0.15, 0.2) is 5.78 Å². The molecule has 0 aromatic heterocycles.